The number of rotatable bonds is 6. The van der Waals surface area contributed by atoms with Crippen LogP contribution in [0.2, 0.25) is 0 Å². The highest BCUT2D eigenvalue weighted by atomic mass is 16.1. The van der Waals surface area contributed by atoms with E-state index in [4.69, 9.17) is 0 Å². The van der Waals surface area contributed by atoms with Crippen LogP contribution in [0.25, 0.3) is 0 Å². The normalized spacial score (nSPS) is 10.0. The van der Waals surface area contributed by atoms with Gasteiger partial charge in [0.1, 0.15) is 6.29 Å². The SMILES string of the molecule is C=CCC/C=C/CCC=O. The second-order valence-corrected chi connectivity index (χ2v) is 2.08. The topological polar surface area (TPSA) is 17.1 Å². The summed E-state index contributed by atoms with van der Waals surface area (Å²) in [5, 5.41) is 0. The summed E-state index contributed by atoms with van der Waals surface area (Å²) < 4.78 is 0. The Kier molecular flexibility index (Phi) is 7.46. The number of carbonyl (C=O) groups is 1. The second kappa shape index (κ2) is 8.15. The smallest absolute Gasteiger partial charge is 0.120 e. The molecule has 10 heavy (non-hydrogen) atoms. The maximum atomic E-state index is 9.84. The van der Waals surface area contributed by atoms with E-state index in [0.29, 0.717) is 6.42 Å². The van der Waals surface area contributed by atoms with Crippen LogP contribution in [0.4, 0.5) is 0 Å². The second-order valence-electron chi connectivity index (χ2n) is 2.08. The third-order valence-corrected chi connectivity index (χ3v) is 1.16. The van der Waals surface area contributed by atoms with Gasteiger partial charge >= 0.3 is 0 Å². The van der Waals surface area contributed by atoms with Crippen LogP contribution < -0.4 is 0 Å². The molecule has 0 heterocycles. The number of unbranched alkanes of at least 4 members (excludes halogenated alkanes) is 2. The monoisotopic (exact) mass is 138 g/mol. The molecule has 0 saturated carbocycles. The molecule has 1 heteroatoms. The lowest BCUT2D eigenvalue weighted by molar-refractivity contribution is -0.107. The maximum absolute atomic E-state index is 9.84. The highest BCUT2D eigenvalue weighted by Crippen LogP contribution is 1.93. The van der Waals surface area contributed by atoms with Gasteiger partial charge in [0, 0.05) is 6.42 Å². The first-order valence-corrected chi connectivity index (χ1v) is 3.61. The van der Waals surface area contributed by atoms with Gasteiger partial charge in [-0.2, -0.15) is 0 Å². The van der Waals surface area contributed by atoms with E-state index in [1.807, 2.05) is 12.2 Å². The summed E-state index contributed by atoms with van der Waals surface area (Å²) in [6.45, 7) is 3.60. The van der Waals surface area contributed by atoms with Gasteiger partial charge in [-0.05, 0) is 19.3 Å². The molecule has 0 aromatic heterocycles. The van der Waals surface area contributed by atoms with Crippen molar-refractivity contribution >= 4 is 6.29 Å². The quantitative estimate of drug-likeness (QED) is 0.313. The minimum atomic E-state index is 0.643. The van der Waals surface area contributed by atoms with Gasteiger partial charge in [-0.25, -0.2) is 0 Å². The molecule has 0 unspecified atom stereocenters. The molecule has 0 amide bonds. The lowest BCUT2D eigenvalue weighted by Gasteiger charge is -1.84. The zero-order valence-corrected chi connectivity index (χ0v) is 6.25. The molecule has 0 N–H and O–H groups in total. The summed E-state index contributed by atoms with van der Waals surface area (Å²) in [5.74, 6) is 0. The van der Waals surface area contributed by atoms with Gasteiger partial charge in [-0.3, -0.25) is 0 Å². The number of hydrogen-bond acceptors (Lipinski definition) is 1. The summed E-state index contributed by atoms with van der Waals surface area (Å²) in [7, 11) is 0. The van der Waals surface area contributed by atoms with Crippen LogP contribution in [0.3, 0.4) is 0 Å². The molecule has 56 valence electrons. The molecule has 0 aromatic carbocycles. The fourth-order valence-electron chi connectivity index (χ4n) is 0.614. The Balaban J connectivity index is 3.03. The molecule has 0 bridgehead atoms. The van der Waals surface area contributed by atoms with Crippen molar-refractivity contribution in [3.05, 3.63) is 24.8 Å². The fraction of sp³-hybridized carbons (Fsp3) is 0.444. The molecule has 0 aliphatic carbocycles. The van der Waals surface area contributed by atoms with E-state index in [-0.39, 0.29) is 0 Å². The molecular weight excluding hydrogens is 124 g/mol. The zero-order chi connectivity index (χ0) is 7.66. The van der Waals surface area contributed by atoms with Crippen molar-refractivity contribution in [3.63, 3.8) is 0 Å². The van der Waals surface area contributed by atoms with Crippen molar-refractivity contribution in [3.8, 4) is 0 Å². The van der Waals surface area contributed by atoms with Crippen molar-refractivity contribution in [2.75, 3.05) is 0 Å². The first kappa shape index (κ1) is 9.15. The summed E-state index contributed by atoms with van der Waals surface area (Å²) in [6, 6.07) is 0. The molecule has 0 spiro atoms. The number of aldehydes is 1. The Hall–Kier alpha value is -0.850. The van der Waals surface area contributed by atoms with E-state index in [1.54, 1.807) is 0 Å². The number of carbonyl (C=O) groups excluding carboxylic acids is 1. The highest BCUT2D eigenvalue weighted by Gasteiger charge is 1.77. The van der Waals surface area contributed by atoms with Crippen molar-refractivity contribution in [1.82, 2.24) is 0 Å². The Morgan fingerprint density at radius 2 is 1.60 bits per heavy atom. The lowest BCUT2D eigenvalue weighted by Crippen LogP contribution is -1.70. The minimum absolute atomic E-state index is 0.643. The van der Waals surface area contributed by atoms with Crippen LogP contribution in [-0.2, 0) is 4.79 Å². The molecule has 1 nitrogen and oxygen atoms in total. The van der Waals surface area contributed by atoms with Crippen molar-refractivity contribution < 1.29 is 4.79 Å². The van der Waals surface area contributed by atoms with E-state index in [2.05, 4.69) is 12.7 Å². The number of hydrogen-bond donors (Lipinski definition) is 0. The standard InChI is InChI=1S/C9H14O/c1-2-3-4-5-6-7-8-9-10/h2,5-6,9H,1,3-4,7-8H2/b6-5+. The fourth-order valence-corrected chi connectivity index (χ4v) is 0.614. The zero-order valence-electron chi connectivity index (χ0n) is 6.25. The molecule has 0 aliphatic heterocycles. The summed E-state index contributed by atoms with van der Waals surface area (Å²) >= 11 is 0. The van der Waals surface area contributed by atoms with E-state index >= 15 is 0 Å². The third-order valence-electron chi connectivity index (χ3n) is 1.16. The van der Waals surface area contributed by atoms with Crippen LogP contribution in [0.5, 0.6) is 0 Å². The van der Waals surface area contributed by atoms with Gasteiger partial charge in [0.2, 0.25) is 0 Å². The summed E-state index contributed by atoms with van der Waals surface area (Å²) in [6.07, 6.45) is 10.6. The highest BCUT2D eigenvalue weighted by molar-refractivity contribution is 5.49. The van der Waals surface area contributed by atoms with E-state index in [1.165, 1.54) is 0 Å². The van der Waals surface area contributed by atoms with E-state index in [0.717, 1.165) is 25.5 Å². The predicted molar refractivity (Wildman–Crippen MR) is 43.9 cm³/mol. The molecule has 0 atom stereocenters. The van der Waals surface area contributed by atoms with Gasteiger partial charge in [-0.1, -0.05) is 18.2 Å². The largest absolute Gasteiger partial charge is 0.303 e. The Bertz CT molecular complexity index is 99.9. The molecule has 0 fully saturated rings. The first-order valence-electron chi connectivity index (χ1n) is 3.61. The predicted octanol–water partition coefficient (Wildman–Crippen LogP) is 2.49. The summed E-state index contributed by atoms with van der Waals surface area (Å²) in [4.78, 5) is 9.84. The Morgan fingerprint density at radius 3 is 2.10 bits per heavy atom. The van der Waals surface area contributed by atoms with E-state index in [9.17, 15) is 4.79 Å². The first-order chi connectivity index (χ1) is 4.91. The minimum Gasteiger partial charge on any atom is -0.303 e. The third kappa shape index (κ3) is 7.15. The van der Waals surface area contributed by atoms with Gasteiger partial charge in [0.05, 0.1) is 0 Å². The van der Waals surface area contributed by atoms with Gasteiger partial charge in [0.15, 0.2) is 0 Å². The number of allylic oxidation sites excluding steroid dienone is 3. The van der Waals surface area contributed by atoms with Crippen molar-refractivity contribution in [2.24, 2.45) is 0 Å². The average molecular weight is 138 g/mol. The van der Waals surface area contributed by atoms with Crippen LogP contribution in [0, 0.1) is 0 Å². The average Bonchev–Trinajstić information content (AvgIpc) is 1.97. The van der Waals surface area contributed by atoms with E-state index < -0.39 is 0 Å². The van der Waals surface area contributed by atoms with Gasteiger partial charge < -0.3 is 4.79 Å². The van der Waals surface area contributed by atoms with Crippen LogP contribution in [-0.4, -0.2) is 6.29 Å². The van der Waals surface area contributed by atoms with Crippen molar-refractivity contribution in [1.29, 1.82) is 0 Å². The van der Waals surface area contributed by atoms with Crippen LogP contribution in [0.1, 0.15) is 25.7 Å². The van der Waals surface area contributed by atoms with Crippen LogP contribution in [0.15, 0.2) is 24.8 Å². The molecular formula is C9H14O. The maximum Gasteiger partial charge on any atom is 0.120 e. The molecule has 0 radical (unpaired) electrons. The van der Waals surface area contributed by atoms with Gasteiger partial charge in [-0.15, -0.1) is 6.58 Å². The molecule has 0 aliphatic rings. The van der Waals surface area contributed by atoms with Crippen molar-refractivity contribution in [2.45, 2.75) is 25.7 Å². The summed E-state index contributed by atoms with van der Waals surface area (Å²) in [5.41, 5.74) is 0. The van der Waals surface area contributed by atoms with Gasteiger partial charge in [0.25, 0.3) is 0 Å². The molecule has 0 aromatic rings. The Morgan fingerprint density at radius 1 is 1.00 bits per heavy atom. The molecule has 0 rings (SSSR count). The van der Waals surface area contributed by atoms with Crippen LogP contribution >= 0.6 is 0 Å². The Labute approximate surface area is 62.4 Å². The lowest BCUT2D eigenvalue weighted by atomic mass is 10.2. The molecule has 0 saturated heterocycles.